The lowest BCUT2D eigenvalue weighted by Gasteiger charge is -2.39. The Bertz CT molecular complexity index is 818. The molecule has 0 aliphatic carbocycles. The zero-order valence-corrected chi connectivity index (χ0v) is 19.2. The Labute approximate surface area is 187 Å². The van der Waals surface area contributed by atoms with Crippen LogP contribution < -0.4 is 15.4 Å². The van der Waals surface area contributed by atoms with Crippen molar-refractivity contribution in [2.24, 2.45) is 0 Å². The first-order chi connectivity index (χ1) is 14.9. The lowest BCUT2D eigenvalue weighted by molar-refractivity contribution is -0.126. The minimum atomic E-state index is -1.30. The van der Waals surface area contributed by atoms with Gasteiger partial charge in [0.2, 0.25) is 11.8 Å². The molecule has 0 radical (unpaired) electrons. The Balaban J connectivity index is 1.89. The van der Waals surface area contributed by atoms with Crippen LogP contribution in [0, 0.1) is 12.3 Å². The van der Waals surface area contributed by atoms with Crippen molar-refractivity contribution in [1.29, 1.82) is 0 Å². The third-order valence-electron chi connectivity index (χ3n) is 5.51. The minimum Gasteiger partial charge on any atom is -0.496 e. The summed E-state index contributed by atoms with van der Waals surface area (Å²) < 4.78 is 19.5. The van der Waals surface area contributed by atoms with E-state index in [2.05, 4.69) is 34.4 Å². The van der Waals surface area contributed by atoms with Crippen molar-refractivity contribution in [2.75, 3.05) is 46.1 Å². The molecule has 31 heavy (non-hydrogen) atoms. The number of hydrogen-bond donors (Lipinski definition) is 2. The van der Waals surface area contributed by atoms with Gasteiger partial charge in [-0.1, -0.05) is 24.1 Å². The number of nitrogens with one attached hydrogen (secondary N) is 2. The molecule has 1 saturated heterocycles. The van der Waals surface area contributed by atoms with E-state index in [0.29, 0.717) is 0 Å². The van der Waals surface area contributed by atoms with Crippen molar-refractivity contribution in [1.82, 2.24) is 19.8 Å². The molecule has 2 N–H and O–H groups in total. The highest BCUT2D eigenvalue weighted by Crippen LogP contribution is 2.31. The predicted octanol–water partition coefficient (Wildman–Crippen LogP) is 0.682. The maximum absolute atomic E-state index is 12.3. The zero-order chi connectivity index (χ0) is 22.8. The molecule has 2 unspecified atom stereocenters. The number of likely N-dealkylation sites (tertiary alicyclic amines) is 1. The van der Waals surface area contributed by atoms with Gasteiger partial charge in [-0.25, -0.2) is 8.51 Å². The normalized spacial score (nSPS) is 16.9. The molecule has 1 aromatic rings. The highest BCUT2D eigenvalue weighted by Gasteiger charge is 2.30. The highest BCUT2D eigenvalue weighted by molar-refractivity contribution is 7.81. The van der Waals surface area contributed by atoms with Gasteiger partial charge in [-0.05, 0) is 25.8 Å². The van der Waals surface area contributed by atoms with Gasteiger partial charge in [0, 0.05) is 37.0 Å². The van der Waals surface area contributed by atoms with Crippen molar-refractivity contribution in [3.63, 3.8) is 0 Å². The molecule has 0 saturated carbocycles. The summed E-state index contributed by atoms with van der Waals surface area (Å²) in [6.07, 6.45) is 8.27. The van der Waals surface area contributed by atoms with E-state index >= 15 is 0 Å². The van der Waals surface area contributed by atoms with Gasteiger partial charge in [0.25, 0.3) is 0 Å². The Hall–Kier alpha value is -2.41. The number of terminal acetylenes is 1. The summed E-state index contributed by atoms with van der Waals surface area (Å²) in [5, 5.41) is 5.04. The summed E-state index contributed by atoms with van der Waals surface area (Å²) in [4.78, 5) is 26.2. The van der Waals surface area contributed by atoms with E-state index < -0.39 is 11.0 Å². The van der Waals surface area contributed by atoms with Crippen LogP contribution in [0.25, 0.3) is 0 Å². The quantitative estimate of drug-likeness (QED) is 0.514. The maximum atomic E-state index is 12.3. The number of methoxy groups -OCH3 is 1. The summed E-state index contributed by atoms with van der Waals surface area (Å²) >= 11 is 0. The first-order valence-corrected chi connectivity index (χ1v) is 11.8. The fraction of sp³-hybridized carbons (Fsp3) is 0.545. The minimum absolute atomic E-state index is 0.0156. The molecular weight excluding hydrogens is 416 g/mol. The van der Waals surface area contributed by atoms with Crippen LogP contribution in [0.2, 0.25) is 0 Å². The summed E-state index contributed by atoms with van der Waals surface area (Å²) in [6.45, 7) is 3.76. The van der Waals surface area contributed by atoms with Gasteiger partial charge in [-0.2, -0.15) is 0 Å². The SMILES string of the molecule is C#CCNC(=O)CNC(=O)CN(C1CCN(C(C)c2ccccc2OC)CC1)S(C)=O. The van der Waals surface area contributed by atoms with Crippen molar-refractivity contribution in [3.8, 4) is 18.1 Å². The van der Waals surface area contributed by atoms with Gasteiger partial charge in [0.05, 0.1) is 37.7 Å². The van der Waals surface area contributed by atoms with Crippen molar-refractivity contribution in [3.05, 3.63) is 29.8 Å². The van der Waals surface area contributed by atoms with Crippen LogP contribution in [0.15, 0.2) is 24.3 Å². The number of carbonyl (C=O) groups is 2. The second kappa shape index (κ2) is 12.4. The lowest BCUT2D eigenvalue weighted by Crippen LogP contribution is -2.49. The maximum Gasteiger partial charge on any atom is 0.240 e. The molecule has 170 valence electrons. The standard InChI is InChI=1S/C22H32N4O4S/c1-5-12-23-21(27)15-24-22(28)16-26(31(4)29)18-10-13-25(14-11-18)17(2)19-8-6-7-9-20(19)30-3/h1,6-9,17-18H,10-16H2,2-4H3,(H,23,27)(H,24,28). The number of hydrogen-bond acceptors (Lipinski definition) is 5. The van der Waals surface area contributed by atoms with Crippen LogP contribution in [0.1, 0.15) is 31.4 Å². The molecule has 8 nitrogen and oxygen atoms in total. The first kappa shape index (κ1) is 24.9. The van der Waals surface area contributed by atoms with E-state index in [1.165, 1.54) is 0 Å². The summed E-state index contributed by atoms with van der Waals surface area (Å²) in [7, 11) is 0.380. The molecule has 2 rings (SSSR count). The molecule has 2 amide bonds. The molecule has 1 aromatic carbocycles. The van der Waals surface area contributed by atoms with E-state index in [9.17, 15) is 13.8 Å². The van der Waals surface area contributed by atoms with Gasteiger partial charge in [-0.3, -0.25) is 14.5 Å². The van der Waals surface area contributed by atoms with Crippen LogP contribution in [0.4, 0.5) is 0 Å². The average molecular weight is 449 g/mol. The molecule has 0 spiro atoms. The lowest BCUT2D eigenvalue weighted by atomic mass is 9.99. The number of piperidine rings is 1. The summed E-state index contributed by atoms with van der Waals surface area (Å²) in [6, 6.07) is 8.24. The predicted molar refractivity (Wildman–Crippen MR) is 122 cm³/mol. The van der Waals surface area contributed by atoms with E-state index in [0.717, 1.165) is 37.2 Å². The van der Waals surface area contributed by atoms with Crippen LogP contribution in [0.5, 0.6) is 5.75 Å². The summed E-state index contributed by atoms with van der Waals surface area (Å²) in [5.41, 5.74) is 1.14. The van der Waals surface area contributed by atoms with Gasteiger partial charge in [0.1, 0.15) is 5.75 Å². The van der Waals surface area contributed by atoms with Gasteiger partial charge in [-0.15, -0.1) is 6.42 Å². The van der Waals surface area contributed by atoms with Crippen LogP contribution >= 0.6 is 0 Å². The molecule has 9 heteroatoms. The van der Waals surface area contributed by atoms with Crippen LogP contribution in [-0.2, 0) is 20.6 Å². The smallest absolute Gasteiger partial charge is 0.240 e. The number of para-hydroxylation sites is 1. The fourth-order valence-corrected chi connectivity index (χ4v) is 4.72. The number of carbonyl (C=O) groups excluding carboxylic acids is 2. The van der Waals surface area contributed by atoms with Gasteiger partial charge in [0.15, 0.2) is 0 Å². The average Bonchev–Trinajstić information content (AvgIpc) is 2.79. The topological polar surface area (TPSA) is 91.0 Å². The second-order valence-corrected chi connectivity index (χ2v) is 8.76. The van der Waals surface area contributed by atoms with Crippen molar-refractivity contribution in [2.45, 2.75) is 31.8 Å². The number of nitrogens with zero attached hydrogens (tertiary/aromatic N) is 2. The molecule has 1 fully saturated rings. The number of benzene rings is 1. The highest BCUT2D eigenvalue weighted by atomic mass is 32.2. The summed E-state index contributed by atoms with van der Waals surface area (Å²) in [5.74, 6) is 2.48. The second-order valence-electron chi connectivity index (χ2n) is 7.44. The van der Waals surface area contributed by atoms with Crippen molar-refractivity contribution >= 4 is 22.8 Å². The van der Waals surface area contributed by atoms with E-state index in [1.807, 2.05) is 18.2 Å². The molecule has 1 aliphatic rings. The van der Waals surface area contributed by atoms with E-state index in [1.54, 1.807) is 17.7 Å². The number of rotatable bonds is 10. The Morgan fingerprint density at radius 3 is 2.58 bits per heavy atom. The number of amides is 2. The Kier molecular flexibility index (Phi) is 9.98. The monoisotopic (exact) mass is 448 g/mol. The molecule has 0 bridgehead atoms. The third kappa shape index (κ3) is 7.35. The van der Waals surface area contributed by atoms with Gasteiger partial charge < -0.3 is 15.4 Å². The first-order valence-electron chi connectivity index (χ1n) is 10.3. The van der Waals surface area contributed by atoms with E-state index in [-0.39, 0.29) is 43.5 Å². The zero-order valence-electron chi connectivity index (χ0n) is 18.4. The number of ether oxygens (including phenoxy) is 1. The molecule has 1 aliphatic heterocycles. The fourth-order valence-electron chi connectivity index (χ4n) is 3.79. The molecule has 1 heterocycles. The van der Waals surface area contributed by atoms with Crippen molar-refractivity contribution < 1.29 is 18.5 Å². The van der Waals surface area contributed by atoms with Gasteiger partial charge >= 0.3 is 0 Å². The molecule has 2 atom stereocenters. The largest absolute Gasteiger partial charge is 0.496 e. The van der Waals surface area contributed by atoms with Crippen LogP contribution in [0.3, 0.4) is 0 Å². The molecule has 0 aromatic heterocycles. The third-order valence-corrected chi connectivity index (χ3v) is 6.59. The van der Waals surface area contributed by atoms with Crippen LogP contribution in [-0.4, -0.2) is 77.4 Å². The molecular formula is C22H32N4O4S. The van der Waals surface area contributed by atoms with E-state index in [4.69, 9.17) is 11.2 Å². The Morgan fingerprint density at radius 1 is 1.29 bits per heavy atom. The Morgan fingerprint density at radius 2 is 1.97 bits per heavy atom.